The number of methoxy groups -OCH3 is 3. The number of hydrogen-bond acceptors (Lipinski definition) is 9. The Bertz CT molecular complexity index is 1340. The third-order valence-corrected chi connectivity index (χ3v) is 7.11. The third kappa shape index (κ3) is 6.14. The molecule has 0 spiro atoms. The molecular formula is C23H26F3N5O5S. The first kappa shape index (κ1) is 27.8. The van der Waals surface area contributed by atoms with E-state index in [4.69, 9.17) is 14.2 Å². The number of anilines is 3. The standard InChI is InChI=1S/C23H26F3N5O5S/c1-31(2)37(32,33)19-9-7-6-8-14(19)12-27-21-16(23(24,25)26)13-28-22(30-21)29-15-10-17(34-3)20(36-5)18(11-15)35-4/h6-11,13H,12H2,1-5H3,(H2,27,28,29,30). The lowest BCUT2D eigenvalue weighted by molar-refractivity contribution is -0.137. The molecule has 0 aliphatic rings. The van der Waals surface area contributed by atoms with Gasteiger partial charge in [0.2, 0.25) is 21.7 Å². The van der Waals surface area contributed by atoms with Crippen LogP contribution in [-0.2, 0) is 22.7 Å². The Hall–Kier alpha value is -3.78. The molecule has 0 aliphatic carbocycles. The van der Waals surface area contributed by atoms with E-state index in [1.165, 1.54) is 65.8 Å². The maximum atomic E-state index is 13.7. The van der Waals surface area contributed by atoms with Gasteiger partial charge in [0.15, 0.2) is 11.5 Å². The van der Waals surface area contributed by atoms with E-state index in [-0.39, 0.29) is 23.0 Å². The van der Waals surface area contributed by atoms with E-state index in [9.17, 15) is 21.6 Å². The molecule has 0 aliphatic heterocycles. The first-order chi connectivity index (χ1) is 17.4. The van der Waals surface area contributed by atoms with Gasteiger partial charge >= 0.3 is 6.18 Å². The molecule has 37 heavy (non-hydrogen) atoms. The van der Waals surface area contributed by atoms with Crippen LogP contribution in [0.4, 0.5) is 30.6 Å². The first-order valence-electron chi connectivity index (χ1n) is 10.7. The zero-order chi connectivity index (χ0) is 27.4. The van der Waals surface area contributed by atoms with Crippen molar-refractivity contribution < 1.29 is 35.8 Å². The van der Waals surface area contributed by atoms with Crippen LogP contribution < -0.4 is 24.8 Å². The monoisotopic (exact) mass is 541 g/mol. The van der Waals surface area contributed by atoms with Crippen LogP contribution in [0.1, 0.15) is 11.1 Å². The highest BCUT2D eigenvalue weighted by Gasteiger charge is 2.35. The highest BCUT2D eigenvalue weighted by molar-refractivity contribution is 7.89. The van der Waals surface area contributed by atoms with Crippen molar-refractivity contribution in [3.8, 4) is 17.2 Å². The van der Waals surface area contributed by atoms with Gasteiger partial charge in [-0.05, 0) is 11.6 Å². The minimum absolute atomic E-state index is 0.0362. The van der Waals surface area contributed by atoms with Gasteiger partial charge in [0.1, 0.15) is 11.4 Å². The van der Waals surface area contributed by atoms with E-state index >= 15 is 0 Å². The van der Waals surface area contributed by atoms with Crippen molar-refractivity contribution in [1.82, 2.24) is 14.3 Å². The van der Waals surface area contributed by atoms with Crippen molar-refractivity contribution in [2.45, 2.75) is 17.6 Å². The van der Waals surface area contributed by atoms with Crippen LogP contribution >= 0.6 is 0 Å². The van der Waals surface area contributed by atoms with Crippen LogP contribution in [0.5, 0.6) is 17.2 Å². The largest absolute Gasteiger partial charge is 0.493 e. The number of alkyl halides is 3. The molecule has 1 heterocycles. The summed E-state index contributed by atoms with van der Waals surface area (Å²) in [5, 5.41) is 5.44. The average Bonchev–Trinajstić information content (AvgIpc) is 2.86. The fourth-order valence-corrected chi connectivity index (χ4v) is 4.46. The molecule has 200 valence electrons. The van der Waals surface area contributed by atoms with E-state index in [1.54, 1.807) is 6.07 Å². The molecule has 0 unspecified atom stereocenters. The summed E-state index contributed by atoms with van der Waals surface area (Å²) in [4.78, 5) is 7.76. The van der Waals surface area contributed by atoms with Crippen LogP contribution in [0.25, 0.3) is 0 Å². The zero-order valence-electron chi connectivity index (χ0n) is 20.7. The highest BCUT2D eigenvalue weighted by Crippen LogP contribution is 2.41. The number of aromatic nitrogens is 2. The summed E-state index contributed by atoms with van der Waals surface area (Å²) in [5.41, 5.74) is -0.486. The van der Waals surface area contributed by atoms with Gasteiger partial charge in [0.25, 0.3) is 0 Å². The fraction of sp³-hybridized carbons (Fsp3) is 0.304. The molecule has 3 rings (SSSR count). The van der Waals surface area contributed by atoms with Crippen LogP contribution in [0.15, 0.2) is 47.5 Å². The predicted octanol–water partition coefficient (Wildman–Crippen LogP) is 4.13. The normalized spacial score (nSPS) is 11.8. The molecular weight excluding hydrogens is 515 g/mol. The lowest BCUT2D eigenvalue weighted by Crippen LogP contribution is -2.24. The first-order valence-corrected chi connectivity index (χ1v) is 12.1. The minimum Gasteiger partial charge on any atom is -0.493 e. The SMILES string of the molecule is COc1cc(Nc2ncc(C(F)(F)F)c(NCc3ccccc3S(=O)(=O)N(C)C)n2)cc(OC)c1OC. The van der Waals surface area contributed by atoms with Gasteiger partial charge in [-0.15, -0.1) is 0 Å². The van der Waals surface area contributed by atoms with Crippen molar-refractivity contribution in [3.05, 3.63) is 53.7 Å². The molecule has 14 heteroatoms. The minimum atomic E-state index is -4.76. The van der Waals surface area contributed by atoms with Gasteiger partial charge in [-0.1, -0.05) is 18.2 Å². The molecule has 2 N–H and O–H groups in total. The maximum Gasteiger partial charge on any atom is 0.421 e. The van der Waals surface area contributed by atoms with Gasteiger partial charge in [-0.3, -0.25) is 0 Å². The van der Waals surface area contributed by atoms with Crippen molar-refractivity contribution >= 4 is 27.5 Å². The molecule has 0 amide bonds. The van der Waals surface area contributed by atoms with Gasteiger partial charge in [0.05, 0.1) is 26.2 Å². The van der Waals surface area contributed by atoms with E-state index in [0.717, 1.165) is 4.31 Å². The summed E-state index contributed by atoms with van der Waals surface area (Å²) >= 11 is 0. The molecule has 0 saturated carbocycles. The van der Waals surface area contributed by atoms with E-state index < -0.39 is 27.6 Å². The second kappa shape index (κ2) is 11.1. The summed E-state index contributed by atoms with van der Waals surface area (Å²) < 4.78 is 83.3. The summed E-state index contributed by atoms with van der Waals surface area (Å²) in [5.74, 6) is 0.271. The summed E-state index contributed by atoms with van der Waals surface area (Å²) in [6.07, 6.45) is -4.12. The molecule has 0 atom stereocenters. The number of nitrogens with zero attached hydrogens (tertiary/aromatic N) is 3. The zero-order valence-corrected chi connectivity index (χ0v) is 21.5. The quantitative estimate of drug-likeness (QED) is 0.391. The lowest BCUT2D eigenvalue weighted by Gasteiger charge is -2.18. The Morgan fingerprint density at radius 2 is 1.62 bits per heavy atom. The van der Waals surface area contributed by atoms with Gasteiger partial charge in [-0.25, -0.2) is 17.7 Å². The molecule has 0 fully saturated rings. The average molecular weight is 542 g/mol. The Kier molecular flexibility index (Phi) is 8.33. The number of hydrogen-bond donors (Lipinski definition) is 2. The lowest BCUT2D eigenvalue weighted by atomic mass is 10.2. The summed E-state index contributed by atoms with van der Waals surface area (Å²) in [6.45, 7) is -0.243. The Labute approximate surface area is 212 Å². The van der Waals surface area contributed by atoms with Gasteiger partial charge in [0, 0.05) is 44.7 Å². The highest BCUT2D eigenvalue weighted by atomic mass is 32.2. The number of ether oxygens (including phenoxy) is 3. The van der Waals surface area contributed by atoms with Crippen molar-refractivity contribution in [3.63, 3.8) is 0 Å². The van der Waals surface area contributed by atoms with Crippen LogP contribution in [-0.4, -0.2) is 58.1 Å². The number of halogens is 3. The summed E-state index contributed by atoms with van der Waals surface area (Å²) in [6, 6.07) is 9.09. The molecule has 1 aromatic heterocycles. The maximum absolute atomic E-state index is 13.7. The molecule has 0 radical (unpaired) electrons. The fourth-order valence-electron chi connectivity index (χ4n) is 3.34. The van der Waals surface area contributed by atoms with Crippen molar-refractivity contribution in [1.29, 1.82) is 0 Å². The number of benzene rings is 2. The smallest absolute Gasteiger partial charge is 0.421 e. The molecule has 0 bridgehead atoms. The Morgan fingerprint density at radius 1 is 1.00 bits per heavy atom. The summed E-state index contributed by atoms with van der Waals surface area (Å²) in [7, 11) is 3.19. The Morgan fingerprint density at radius 3 is 2.16 bits per heavy atom. The second-order valence-electron chi connectivity index (χ2n) is 7.74. The predicted molar refractivity (Wildman–Crippen MR) is 131 cm³/mol. The third-order valence-electron chi connectivity index (χ3n) is 5.19. The van der Waals surface area contributed by atoms with Gasteiger partial charge in [-0.2, -0.15) is 18.2 Å². The number of rotatable bonds is 10. The van der Waals surface area contributed by atoms with Crippen LogP contribution in [0.2, 0.25) is 0 Å². The number of sulfonamides is 1. The van der Waals surface area contributed by atoms with Crippen molar-refractivity contribution in [2.75, 3.05) is 46.1 Å². The second-order valence-corrected chi connectivity index (χ2v) is 9.86. The van der Waals surface area contributed by atoms with E-state index in [0.29, 0.717) is 29.1 Å². The Balaban J connectivity index is 1.97. The van der Waals surface area contributed by atoms with Crippen LogP contribution in [0.3, 0.4) is 0 Å². The number of nitrogens with one attached hydrogen (secondary N) is 2. The molecule has 3 aromatic rings. The van der Waals surface area contributed by atoms with E-state index in [2.05, 4.69) is 20.6 Å². The molecule has 0 saturated heterocycles. The van der Waals surface area contributed by atoms with E-state index in [1.807, 2.05) is 0 Å². The van der Waals surface area contributed by atoms with Crippen molar-refractivity contribution in [2.24, 2.45) is 0 Å². The molecule has 10 nitrogen and oxygen atoms in total. The van der Waals surface area contributed by atoms with Crippen LogP contribution in [0, 0.1) is 0 Å². The topological polar surface area (TPSA) is 115 Å². The van der Waals surface area contributed by atoms with Gasteiger partial charge < -0.3 is 24.8 Å². The molecule has 2 aromatic carbocycles.